The summed E-state index contributed by atoms with van der Waals surface area (Å²) in [5.41, 5.74) is 12.1. The molecule has 1 aromatic rings. The lowest BCUT2D eigenvalue weighted by atomic mass is 10.2. The third-order valence-electron chi connectivity index (χ3n) is 4.43. The van der Waals surface area contributed by atoms with Gasteiger partial charge in [-0.1, -0.05) is 12.7 Å². The van der Waals surface area contributed by atoms with Crippen molar-refractivity contribution in [3.05, 3.63) is 66.0 Å². The van der Waals surface area contributed by atoms with Crippen LogP contribution >= 0.6 is 0 Å². The number of nitrogens with zero attached hydrogens (tertiary/aromatic N) is 1. The van der Waals surface area contributed by atoms with Crippen molar-refractivity contribution in [3.63, 3.8) is 0 Å². The minimum absolute atomic E-state index is 0.0328. The van der Waals surface area contributed by atoms with E-state index in [4.69, 9.17) is 37.2 Å². The lowest BCUT2D eigenvalue weighted by Crippen LogP contribution is -2.39. The largest absolute Gasteiger partial charge is 0.498 e. The number of rotatable bonds is 14. The van der Waals surface area contributed by atoms with Crippen LogP contribution in [0.3, 0.4) is 0 Å². The molecule has 0 heterocycles. The van der Waals surface area contributed by atoms with Crippen LogP contribution in [0.15, 0.2) is 60.4 Å². The highest BCUT2D eigenvalue weighted by Gasteiger charge is 2.04. The molecule has 9 heteroatoms. The quantitative estimate of drug-likeness (QED) is 0.0856. The Morgan fingerprint density at radius 1 is 1.09 bits per heavy atom. The predicted molar refractivity (Wildman–Crippen MR) is 130 cm³/mol. The fraction of sp³-hybridized carbons (Fsp3) is 0.348. The second kappa shape index (κ2) is 14.3. The van der Waals surface area contributed by atoms with Gasteiger partial charge < -0.3 is 31.2 Å². The number of allylic oxidation sites excluding steroid dienone is 3. The van der Waals surface area contributed by atoms with Crippen LogP contribution in [-0.2, 0) is 4.74 Å². The maximum absolute atomic E-state index is 8.09. The molecule has 0 aliphatic heterocycles. The molecule has 0 saturated carbocycles. The van der Waals surface area contributed by atoms with Crippen LogP contribution in [0.2, 0.25) is 0 Å². The zero-order valence-corrected chi connectivity index (χ0v) is 18.9. The first kappa shape index (κ1) is 26.3. The summed E-state index contributed by atoms with van der Waals surface area (Å²) >= 11 is 0. The number of nitrogen functional groups attached to an aromatic ring is 1. The summed E-state index contributed by atoms with van der Waals surface area (Å²) < 4.78 is 11.3. The average Bonchev–Trinajstić information content (AvgIpc) is 2.76. The van der Waals surface area contributed by atoms with Crippen LogP contribution in [0.4, 0.5) is 0 Å². The predicted octanol–water partition coefficient (Wildman–Crippen LogP) is 2.55. The highest BCUT2D eigenvalue weighted by atomic mass is 16.5. The summed E-state index contributed by atoms with van der Waals surface area (Å²) in [6.07, 6.45) is 6.49. The van der Waals surface area contributed by atoms with Gasteiger partial charge in [0, 0.05) is 31.3 Å². The lowest BCUT2D eigenvalue weighted by molar-refractivity contribution is 0.202. The Hall–Kier alpha value is -3.75. The lowest BCUT2D eigenvalue weighted by Gasteiger charge is -2.21. The van der Waals surface area contributed by atoms with E-state index in [-0.39, 0.29) is 11.7 Å². The first-order chi connectivity index (χ1) is 15.2. The number of nitrogens with one attached hydrogen (secondary N) is 4. The van der Waals surface area contributed by atoms with Crippen molar-refractivity contribution in [1.82, 2.24) is 10.2 Å². The average molecular weight is 442 g/mol. The van der Waals surface area contributed by atoms with E-state index in [1.165, 1.54) is 6.08 Å². The molecule has 0 unspecified atom stereocenters. The molecule has 8 N–H and O–H groups in total. The van der Waals surface area contributed by atoms with Crippen molar-refractivity contribution in [2.75, 3.05) is 33.4 Å². The fourth-order valence-electron chi connectivity index (χ4n) is 2.50. The Bertz CT molecular complexity index is 844. The maximum Gasteiger partial charge on any atom is 0.190 e. The van der Waals surface area contributed by atoms with E-state index in [0.29, 0.717) is 43.4 Å². The number of nitrogens with two attached hydrogens (primary N) is 2. The molecule has 0 fully saturated rings. The van der Waals surface area contributed by atoms with Crippen molar-refractivity contribution in [2.45, 2.75) is 19.8 Å². The van der Waals surface area contributed by atoms with Gasteiger partial charge in [0.2, 0.25) is 0 Å². The Balaban J connectivity index is 2.19. The van der Waals surface area contributed by atoms with Crippen molar-refractivity contribution in [1.29, 1.82) is 16.2 Å². The second-order valence-electron chi connectivity index (χ2n) is 7.06. The summed E-state index contributed by atoms with van der Waals surface area (Å²) in [6, 6.07) is 7.08. The Morgan fingerprint density at radius 2 is 1.78 bits per heavy atom. The minimum atomic E-state index is -0.0356. The smallest absolute Gasteiger partial charge is 0.190 e. The van der Waals surface area contributed by atoms with Gasteiger partial charge >= 0.3 is 0 Å². The molecule has 174 valence electrons. The highest BCUT2D eigenvalue weighted by molar-refractivity contribution is 5.97. The number of guanidine groups is 1. The standard InChI is InChI=1S/C23H35N7O2/c1-4-18(21(24)25)8-7-17(2)31-16-6-14-30(3)23(28)29-13-5-15-32-20-11-9-19(10-12-20)22(26)27/h4,7-12H,1,5-6,13-16H2,2-3H3,(H3,24,25)(H3,26,27)(H2,28,29)/b17-7+,18-8+. The number of hydrogen-bond donors (Lipinski definition) is 6. The maximum atomic E-state index is 8.09. The molecule has 0 saturated heterocycles. The van der Waals surface area contributed by atoms with Crippen molar-refractivity contribution in [3.8, 4) is 5.75 Å². The first-order valence-electron chi connectivity index (χ1n) is 10.3. The summed E-state index contributed by atoms with van der Waals surface area (Å²) in [6.45, 7) is 7.80. The monoisotopic (exact) mass is 441 g/mol. The van der Waals surface area contributed by atoms with E-state index in [2.05, 4.69) is 11.9 Å². The second-order valence-corrected chi connectivity index (χ2v) is 7.06. The zero-order valence-electron chi connectivity index (χ0n) is 18.9. The SMILES string of the molecule is C=C/C(=C\C=C(/C)OCCCN(C)C(=N)NCCCOc1ccc(C(=N)N)cc1)C(=N)N. The zero-order chi connectivity index (χ0) is 23.9. The topological polar surface area (TPSA) is 157 Å². The van der Waals surface area contributed by atoms with E-state index in [9.17, 15) is 0 Å². The Labute approximate surface area is 190 Å². The molecule has 32 heavy (non-hydrogen) atoms. The number of amidine groups is 2. The summed E-state index contributed by atoms with van der Waals surface area (Å²) in [5.74, 6) is 1.79. The third-order valence-corrected chi connectivity index (χ3v) is 4.43. The van der Waals surface area contributed by atoms with Crippen LogP contribution in [0.25, 0.3) is 0 Å². The number of hydrogen-bond acceptors (Lipinski definition) is 5. The van der Waals surface area contributed by atoms with Crippen molar-refractivity contribution < 1.29 is 9.47 Å². The van der Waals surface area contributed by atoms with Gasteiger partial charge in [-0.05, 0) is 56.2 Å². The van der Waals surface area contributed by atoms with Gasteiger partial charge in [0.1, 0.15) is 17.4 Å². The van der Waals surface area contributed by atoms with Crippen molar-refractivity contribution in [2.24, 2.45) is 11.5 Å². The summed E-state index contributed by atoms with van der Waals surface area (Å²) in [4.78, 5) is 1.83. The molecule has 0 aliphatic rings. The van der Waals surface area contributed by atoms with Gasteiger partial charge in [-0.2, -0.15) is 0 Å². The highest BCUT2D eigenvalue weighted by Crippen LogP contribution is 2.11. The van der Waals surface area contributed by atoms with Crippen LogP contribution < -0.4 is 21.5 Å². The van der Waals surface area contributed by atoms with Gasteiger partial charge in [-0.3, -0.25) is 16.2 Å². The molecule has 0 amide bonds. The van der Waals surface area contributed by atoms with Gasteiger partial charge in [0.25, 0.3) is 0 Å². The van der Waals surface area contributed by atoms with Gasteiger partial charge in [0.15, 0.2) is 5.96 Å². The van der Waals surface area contributed by atoms with E-state index in [1.54, 1.807) is 36.4 Å². The van der Waals surface area contributed by atoms with E-state index in [0.717, 1.165) is 24.4 Å². The van der Waals surface area contributed by atoms with Gasteiger partial charge in [-0.25, -0.2) is 0 Å². The molecule has 0 radical (unpaired) electrons. The Kier molecular flexibility index (Phi) is 11.7. The third kappa shape index (κ3) is 10.3. The molecular weight excluding hydrogens is 406 g/mol. The molecule has 1 aromatic carbocycles. The molecule has 0 atom stereocenters. The molecular formula is C23H35N7O2. The first-order valence-corrected chi connectivity index (χ1v) is 10.3. The van der Waals surface area contributed by atoms with E-state index >= 15 is 0 Å². The van der Waals surface area contributed by atoms with Crippen LogP contribution in [0, 0.1) is 16.2 Å². The molecule has 9 nitrogen and oxygen atoms in total. The Morgan fingerprint density at radius 3 is 2.38 bits per heavy atom. The number of benzene rings is 1. The van der Waals surface area contributed by atoms with Gasteiger partial charge in [0.05, 0.1) is 19.0 Å². The summed E-state index contributed by atoms with van der Waals surface area (Å²) in [5, 5.41) is 25.9. The van der Waals surface area contributed by atoms with Crippen LogP contribution in [0.1, 0.15) is 25.3 Å². The molecule has 0 spiro atoms. The van der Waals surface area contributed by atoms with Gasteiger partial charge in [-0.15, -0.1) is 0 Å². The molecule has 1 rings (SSSR count). The molecule has 0 bridgehead atoms. The van der Waals surface area contributed by atoms with Crippen LogP contribution in [-0.4, -0.2) is 55.9 Å². The number of ether oxygens (including phenoxy) is 2. The van der Waals surface area contributed by atoms with E-state index in [1.807, 2.05) is 18.9 Å². The molecule has 0 aromatic heterocycles. The van der Waals surface area contributed by atoms with Crippen LogP contribution in [0.5, 0.6) is 5.75 Å². The summed E-state index contributed by atoms with van der Waals surface area (Å²) in [7, 11) is 1.86. The normalized spacial score (nSPS) is 11.4. The fourth-order valence-corrected chi connectivity index (χ4v) is 2.50. The minimum Gasteiger partial charge on any atom is -0.498 e. The molecule has 0 aliphatic carbocycles. The van der Waals surface area contributed by atoms with E-state index < -0.39 is 0 Å². The van der Waals surface area contributed by atoms with Crippen molar-refractivity contribution >= 4 is 17.6 Å².